The minimum atomic E-state index is -0.916. The van der Waals surface area contributed by atoms with Crippen molar-refractivity contribution in [2.24, 2.45) is 5.92 Å². The number of carboxylic acids is 1. The molecule has 1 aromatic carbocycles. The van der Waals surface area contributed by atoms with Crippen LogP contribution in [0.1, 0.15) is 74.2 Å². The van der Waals surface area contributed by atoms with Crippen LogP contribution in [0.5, 0.6) is 0 Å². The van der Waals surface area contributed by atoms with E-state index in [1.807, 2.05) is 23.1 Å². The van der Waals surface area contributed by atoms with Crippen molar-refractivity contribution in [3.8, 4) is 0 Å². The van der Waals surface area contributed by atoms with Crippen molar-refractivity contribution in [3.63, 3.8) is 0 Å². The standard InChI is InChI=1S/C26H32FN5O2.C5H10O/c27-22(9-2-1-7-20-11-10-17-6-4-13-28-25(17)30-20)19-12-14-32(16-19)24(26(33)34)21-8-3-5-18-15-29-31-23(18)21;1-6-5-3-2-4-5/h3,5,8,10-11,15,19,22,24H,1-2,4,6-7,9,12-14,16H2,(H,28,30)(H,29,31)(H,33,34);5H,2-4H2,1H3. The fraction of sp³-hybridized carbons (Fsp3) is 0.581. The second kappa shape index (κ2) is 13.5. The predicted octanol–water partition coefficient (Wildman–Crippen LogP) is 5.70. The molecule has 2 aromatic heterocycles. The number of unbranched alkanes of at least 4 members (excludes halogenated alkanes) is 1. The first-order chi connectivity index (χ1) is 19.5. The Morgan fingerprint density at radius 1 is 1.20 bits per heavy atom. The van der Waals surface area contributed by atoms with Gasteiger partial charge in [-0.2, -0.15) is 5.10 Å². The van der Waals surface area contributed by atoms with E-state index in [4.69, 9.17) is 9.72 Å². The number of halogens is 1. The van der Waals surface area contributed by atoms with E-state index in [1.165, 1.54) is 24.8 Å². The molecule has 8 nitrogen and oxygen atoms in total. The molecule has 3 atom stereocenters. The van der Waals surface area contributed by atoms with E-state index in [0.717, 1.165) is 61.1 Å². The summed E-state index contributed by atoms with van der Waals surface area (Å²) in [5.41, 5.74) is 3.77. The van der Waals surface area contributed by atoms with E-state index in [2.05, 4.69) is 27.6 Å². The summed E-state index contributed by atoms with van der Waals surface area (Å²) in [5, 5.41) is 21.2. The summed E-state index contributed by atoms with van der Waals surface area (Å²) in [6.45, 7) is 2.02. The molecule has 1 aliphatic carbocycles. The van der Waals surface area contributed by atoms with Gasteiger partial charge >= 0.3 is 5.97 Å². The third-order valence-corrected chi connectivity index (χ3v) is 8.67. The number of hydrogen-bond donors (Lipinski definition) is 3. The molecular formula is C31H42FN5O3. The molecular weight excluding hydrogens is 509 g/mol. The van der Waals surface area contributed by atoms with Gasteiger partial charge in [0.05, 0.1) is 17.8 Å². The van der Waals surface area contributed by atoms with Gasteiger partial charge in [-0.15, -0.1) is 0 Å². The van der Waals surface area contributed by atoms with Gasteiger partial charge in [0.1, 0.15) is 18.0 Å². The summed E-state index contributed by atoms with van der Waals surface area (Å²) >= 11 is 0. The van der Waals surface area contributed by atoms with Gasteiger partial charge in [0.15, 0.2) is 0 Å². The molecule has 0 bridgehead atoms. The van der Waals surface area contributed by atoms with Crippen LogP contribution in [-0.4, -0.2) is 70.2 Å². The Labute approximate surface area is 235 Å². The fourth-order valence-electron chi connectivity index (χ4n) is 6.05. The van der Waals surface area contributed by atoms with Crippen LogP contribution in [0.25, 0.3) is 10.9 Å². The zero-order valence-electron chi connectivity index (χ0n) is 23.4. The molecule has 3 aliphatic rings. The number of rotatable bonds is 10. The van der Waals surface area contributed by atoms with Crippen molar-refractivity contribution >= 4 is 22.7 Å². The van der Waals surface area contributed by atoms with Crippen LogP contribution < -0.4 is 5.32 Å². The summed E-state index contributed by atoms with van der Waals surface area (Å²) in [6.07, 6.45) is 11.3. The zero-order valence-corrected chi connectivity index (χ0v) is 23.4. The minimum absolute atomic E-state index is 0.131. The van der Waals surface area contributed by atoms with Crippen LogP contribution in [0.2, 0.25) is 0 Å². The molecule has 4 heterocycles. The Kier molecular flexibility index (Phi) is 9.65. The van der Waals surface area contributed by atoms with Crippen molar-refractivity contribution in [1.82, 2.24) is 20.1 Å². The summed E-state index contributed by atoms with van der Waals surface area (Å²) < 4.78 is 20.1. The average molecular weight is 552 g/mol. The first kappa shape index (κ1) is 28.5. The SMILES string of the molecule is COC1CCC1.O=C(O)C(c1cccc2cn[nH]c12)N1CCC(C(F)CCCCc2ccc3c(n2)NCCC3)C1. The number of aromatic amines is 1. The first-order valence-electron chi connectivity index (χ1n) is 14.8. The number of anilines is 1. The highest BCUT2D eigenvalue weighted by Gasteiger charge is 2.37. The molecule has 2 fully saturated rings. The van der Waals surface area contributed by atoms with Crippen molar-refractivity contribution in [2.45, 2.75) is 82.5 Å². The number of aryl methyl sites for hydroxylation is 2. The third kappa shape index (κ3) is 6.81. The van der Waals surface area contributed by atoms with Crippen LogP contribution in [0.15, 0.2) is 36.5 Å². The van der Waals surface area contributed by atoms with Gasteiger partial charge in [0.2, 0.25) is 0 Å². The number of aromatic nitrogens is 3. The number of nitrogens with zero attached hydrogens (tertiary/aromatic N) is 3. The second-order valence-corrected chi connectivity index (χ2v) is 11.4. The minimum Gasteiger partial charge on any atom is -0.480 e. The molecule has 1 saturated heterocycles. The molecule has 0 amide bonds. The number of nitrogens with one attached hydrogen (secondary N) is 2. The Morgan fingerprint density at radius 2 is 2.08 bits per heavy atom. The lowest BCUT2D eigenvalue weighted by atomic mass is 9.96. The number of hydrogen-bond acceptors (Lipinski definition) is 6. The van der Waals surface area contributed by atoms with Crippen molar-refractivity contribution < 1.29 is 19.0 Å². The predicted molar refractivity (Wildman–Crippen MR) is 154 cm³/mol. The molecule has 0 spiro atoms. The van der Waals surface area contributed by atoms with E-state index in [1.54, 1.807) is 13.3 Å². The van der Waals surface area contributed by atoms with Crippen LogP contribution in [0.3, 0.4) is 0 Å². The lowest BCUT2D eigenvalue weighted by Crippen LogP contribution is -2.33. The Hall–Kier alpha value is -3.04. The second-order valence-electron chi connectivity index (χ2n) is 11.4. The quantitative estimate of drug-likeness (QED) is 0.278. The molecule has 1 saturated carbocycles. The summed E-state index contributed by atoms with van der Waals surface area (Å²) in [7, 11) is 1.78. The van der Waals surface area contributed by atoms with Crippen LogP contribution in [0.4, 0.5) is 10.2 Å². The molecule has 216 valence electrons. The average Bonchev–Trinajstić information content (AvgIpc) is 3.61. The summed E-state index contributed by atoms with van der Waals surface area (Å²) in [5.74, 6) is -0.0314. The number of aliphatic carboxylic acids is 1. The lowest BCUT2D eigenvalue weighted by molar-refractivity contribution is -0.143. The third-order valence-electron chi connectivity index (χ3n) is 8.67. The normalized spacial score (nSPS) is 20.6. The van der Waals surface area contributed by atoms with Gasteiger partial charge in [-0.25, -0.2) is 9.37 Å². The van der Waals surface area contributed by atoms with Crippen molar-refractivity contribution in [3.05, 3.63) is 53.3 Å². The number of pyridine rings is 1. The monoisotopic (exact) mass is 551 g/mol. The van der Waals surface area contributed by atoms with Crippen molar-refractivity contribution in [2.75, 3.05) is 32.1 Å². The number of likely N-dealkylation sites (tertiary alicyclic amines) is 1. The van der Waals surface area contributed by atoms with Gasteiger partial charge in [-0.05, 0) is 76.0 Å². The summed E-state index contributed by atoms with van der Waals surface area (Å²) in [6, 6.07) is 9.04. The number of benzene rings is 1. The Balaban J connectivity index is 0.000000477. The Bertz CT molecular complexity index is 1260. The number of H-pyrrole nitrogens is 1. The number of carbonyl (C=O) groups is 1. The van der Waals surface area contributed by atoms with Crippen LogP contribution >= 0.6 is 0 Å². The number of fused-ring (bicyclic) bond motifs is 2. The van der Waals surface area contributed by atoms with Crippen LogP contribution in [0, 0.1) is 5.92 Å². The molecule has 6 rings (SSSR count). The molecule has 3 N–H and O–H groups in total. The van der Waals surface area contributed by atoms with Gasteiger partial charge in [-0.3, -0.25) is 14.8 Å². The highest BCUT2D eigenvalue weighted by Crippen LogP contribution is 2.34. The van der Waals surface area contributed by atoms with E-state index in [9.17, 15) is 9.90 Å². The molecule has 3 aromatic rings. The smallest absolute Gasteiger partial charge is 0.325 e. The number of carboxylic acid groups (broad SMARTS) is 1. The maximum absolute atomic E-state index is 15.1. The van der Waals surface area contributed by atoms with Gasteiger partial charge in [0.25, 0.3) is 0 Å². The van der Waals surface area contributed by atoms with Crippen molar-refractivity contribution in [1.29, 1.82) is 0 Å². The molecule has 2 aliphatic heterocycles. The van der Waals surface area contributed by atoms with Gasteiger partial charge in [-0.1, -0.05) is 30.7 Å². The maximum Gasteiger partial charge on any atom is 0.325 e. The number of para-hydroxylation sites is 1. The topological polar surface area (TPSA) is 103 Å². The molecule has 9 heteroatoms. The van der Waals surface area contributed by atoms with Gasteiger partial charge < -0.3 is 15.2 Å². The number of ether oxygens (including phenoxy) is 1. The molecule has 0 radical (unpaired) electrons. The molecule has 3 unspecified atom stereocenters. The van der Waals surface area contributed by atoms with E-state index in [-0.39, 0.29) is 5.92 Å². The Morgan fingerprint density at radius 3 is 2.83 bits per heavy atom. The van der Waals surface area contributed by atoms with E-state index >= 15 is 4.39 Å². The van der Waals surface area contributed by atoms with E-state index < -0.39 is 18.2 Å². The lowest BCUT2D eigenvalue weighted by Gasteiger charge is -2.25. The first-order valence-corrected chi connectivity index (χ1v) is 14.8. The number of methoxy groups -OCH3 is 1. The zero-order chi connectivity index (χ0) is 27.9. The summed E-state index contributed by atoms with van der Waals surface area (Å²) in [4.78, 5) is 18.8. The molecule has 40 heavy (non-hydrogen) atoms. The largest absolute Gasteiger partial charge is 0.480 e. The van der Waals surface area contributed by atoms with Crippen LogP contribution in [-0.2, 0) is 22.4 Å². The van der Waals surface area contributed by atoms with Gasteiger partial charge in [0, 0.05) is 42.8 Å². The number of alkyl halides is 1. The maximum atomic E-state index is 15.1. The van der Waals surface area contributed by atoms with E-state index in [0.29, 0.717) is 37.6 Å². The highest BCUT2D eigenvalue weighted by molar-refractivity contribution is 5.87. The highest BCUT2D eigenvalue weighted by atomic mass is 19.1. The fourth-order valence-corrected chi connectivity index (χ4v) is 6.05.